The van der Waals surface area contributed by atoms with Crippen molar-refractivity contribution >= 4 is 13.3 Å². The van der Waals surface area contributed by atoms with Gasteiger partial charge in [0.15, 0.2) is 0 Å². The summed E-state index contributed by atoms with van der Waals surface area (Å²) in [6, 6.07) is 24.4. The zero-order valence-electron chi connectivity index (χ0n) is 13.9. The van der Waals surface area contributed by atoms with Gasteiger partial charge in [-0.15, -0.1) is 0 Å². The minimum atomic E-state index is 0.847. The van der Waals surface area contributed by atoms with Crippen LogP contribution in [-0.4, -0.2) is 22.8 Å². The molecule has 25 heavy (non-hydrogen) atoms. The van der Waals surface area contributed by atoms with E-state index in [4.69, 9.17) is 4.98 Å². The van der Waals surface area contributed by atoms with E-state index in [2.05, 4.69) is 54.2 Å². The minimum absolute atomic E-state index is 0.847. The lowest BCUT2D eigenvalue weighted by molar-refractivity contribution is 1.22. The zero-order valence-corrected chi connectivity index (χ0v) is 13.9. The maximum Gasteiger partial charge on any atom is 0.139 e. The van der Waals surface area contributed by atoms with E-state index in [0.29, 0.717) is 0 Å². The van der Waals surface area contributed by atoms with E-state index in [1.54, 1.807) is 12.4 Å². The van der Waals surface area contributed by atoms with Crippen LogP contribution in [0, 0.1) is 0 Å². The average Bonchev–Trinajstić information content (AvgIpc) is 2.69. The summed E-state index contributed by atoms with van der Waals surface area (Å²) in [5.74, 6) is 0. The molecule has 3 aromatic heterocycles. The summed E-state index contributed by atoms with van der Waals surface area (Å²) < 4.78 is 0. The smallest absolute Gasteiger partial charge is 0.139 e. The molecule has 0 bridgehead atoms. The molecule has 0 aliphatic heterocycles. The molecule has 0 saturated carbocycles. The van der Waals surface area contributed by atoms with E-state index in [1.165, 1.54) is 5.46 Å². The van der Waals surface area contributed by atoms with E-state index in [-0.39, 0.29) is 0 Å². The van der Waals surface area contributed by atoms with Crippen LogP contribution in [0.3, 0.4) is 0 Å². The van der Waals surface area contributed by atoms with Crippen molar-refractivity contribution in [3.8, 4) is 33.9 Å². The van der Waals surface area contributed by atoms with Crippen molar-refractivity contribution in [1.29, 1.82) is 0 Å². The first-order valence-corrected chi connectivity index (χ1v) is 8.21. The first-order chi connectivity index (χ1) is 12.3. The number of nitrogens with zero attached hydrogens (tertiary/aromatic N) is 3. The fourth-order valence-corrected chi connectivity index (χ4v) is 2.81. The second-order valence-corrected chi connectivity index (χ2v) is 5.93. The second kappa shape index (κ2) is 6.69. The van der Waals surface area contributed by atoms with Gasteiger partial charge in [-0.05, 0) is 47.5 Å². The van der Waals surface area contributed by atoms with E-state index >= 15 is 0 Å². The number of aromatic nitrogens is 3. The van der Waals surface area contributed by atoms with Crippen LogP contribution in [0.5, 0.6) is 0 Å². The molecular formula is C21H16BN3. The number of rotatable bonds is 3. The number of hydrogen-bond donors (Lipinski definition) is 0. The van der Waals surface area contributed by atoms with Crippen molar-refractivity contribution in [3.05, 3.63) is 85.2 Å². The molecule has 0 aliphatic carbocycles. The van der Waals surface area contributed by atoms with Crippen molar-refractivity contribution < 1.29 is 0 Å². The van der Waals surface area contributed by atoms with Crippen LogP contribution in [0.4, 0.5) is 0 Å². The summed E-state index contributed by atoms with van der Waals surface area (Å²) in [7, 11) is 2.10. The number of pyridine rings is 3. The Morgan fingerprint density at radius 1 is 0.560 bits per heavy atom. The molecule has 3 heterocycles. The lowest BCUT2D eigenvalue weighted by Crippen LogP contribution is -2.01. The maximum atomic E-state index is 4.80. The van der Waals surface area contributed by atoms with Gasteiger partial charge in [0.25, 0.3) is 0 Å². The van der Waals surface area contributed by atoms with E-state index in [0.717, 1.165) is 33.9 Å². The lowest BCUT2D eigenvalue weighted by atomic mass is 9.92. The molecule has 0 unspecified atom stereocenters. The summed E-state index contributed by atoms with van der Waals surface area (Å²) in [4.78, 5) is 13.7. The Labute approximate surface area is 147 Å². The molecule has 118 valence electrons. The Kier molecular flexibility index (Phi) is 4.09. The highest BCUT2D eigenvalue weighted by atomic mass is 14.8. The third kappa shape index (κ3) is 3.33. The van der Waals surface area contributed by atoms with Crippen LogP contribution in [0.15, 0.2) is 85.2 Å². The highest BCUT2D eigenvalue weighted by molar-refractivity contribution is 6.32. The topological polar surface area (TPSA) is 38.7 Å². The molecule has 3 nitrogen and oxygen atoms in total. The Morgan fingerprint density at radius 2 is 1.20 bits per heavy atom. The standard InChI is InChI=1S/C21H16BN3/c22-17-7-5-6-15(12-17)16-13-20(18-8-1-3-10-23-18)25-21(14-16)19-9-2-4-11-24-19/h1-14H,22H2. The summed E-state index contributed by atoms with van der Waals surface area (Å²) in [6.45, 7) is 0. The third-order valence-electron chi connectivity index (χ3n) is 4.03. The summed E-state index contributed by atoms with van der Waals surface area (Å²) >= 11 is 0. The molecule has 1 aromatic carbocycles. The second-order valence-electron chi connectivity index (χ2n) is 5.93. The molecule has 0 radical (unpaired) electrons. The molecule has 0 amide bonds. The van der Waals surface area contributed by atoms with Gasteiger partial charge in [-0.3, -0.25) is 9.97 Å². The molecule has 0 aliphatic rings. The van der Waals surface area contributed by atoms with Crippen molar-refractivity contribution in [2.24, 2.45) is 0 Å². The van der Waals surface area contributed by atoms with Gasteiger partial charge in [0.1, 0.15) is 7.85 Å². The molecule has 0 saturated heterocycles. The molecule has 4 rings (SSSR count). The van der Waals surface area contributed by atoms with Gasteiger partial charge < -0.3 is 0 Å². The normalized spacial score (nSPS) is 10.6. The van der Waals surface area contributed by atoms with Crippen molar-refractivity contribution in [2.45, 2.75) is 0 Å². The Bertz CT molecular complexity index is 944. The Hall–Kier alpha value is -3.27. The quantitative estimate of drug-likeness (QED) is 0.544. The van der Waals surface area contributed by atoms with E-state index in [9.17, 15) is 0 Å². The predicted molar refractivity (Wildman–Crippen MR) is 104 cm³/mol. The number of benzene rings is 1. The monoisotopic (exact) mass is 321 g/mol. The van der Waals surface area contributed by atoms with Crippen LogP contribution < -0.4 is 5.46 Å². The molecular weight excluding hydrogens is 305 g/mol. The molecule has 0 spiro atoms. The molecule has 0 fully saturated rings. The molecule has 0 atom stereocenters. The van der Waals surface area contributed by atoms with Gasteiger partial charge in [0.2, 0.25) is 0 Å². The van der Waals surface area contributed by atoms with Crippen LogP contribution in [0.2, 0.25) is 0 Å². The van der Waals surface area contributed by atoms with Gasteiger partial charge in [-0.2, -0.15) is 0 Å². The van der Waals surface area contributed by atoms with Gasteiger partial charge >= 0.3 is 0 Å². The summed E-state index contributed by atoms with van der Waals surface area (Å²) in [6.07, 6.45) is 3.58. The molecule has 4 heteroatoms. The van der Waals surface area contributed by atoms with Crippen LogP contribution in [-0.2, 0) is 0 Å². The molecule has 4 aromatic rings. The first kappa shape index (κ1) is 15.3. The van der Waals surface area contributed by atoms with Gasteiger partial charge in [-0.1, -0.05) is 41.9 Å². The van der Waals surface area contributed by atoms with E-state index in [1.807, 2.05) is 36.4 Å². The highest BCUT2D eigenvalue weighted by Crippen LogP contribution is 2.28. The SMILES string of the molecule is Bc1cccc(-c2cc(-c3ccccn3)nc(-c3ccccn3)c2)c1. The van der Waals surface area contributed by atoms with Crippen LogP contribution in [0.1, 0.15) is 0 Å². The Morgan fingerprint density at radius 3 is 1.72 bits per heavy atom. The number of hydrogen-bond acceptors (Lipinski definition) is 3. The minimum Gasteiger partial charge on any atom is -0.255 e. The van der Waals surface area contributed by atoms with Crippen molar-refractivity contribution in [3.63, 3.8) is 0 Å². The predicted octanol–water partition coefficient (Wildman–Crippen LogP) is 3.13. The van der Waals surface area contributed by atoms with Crippen molar-refractivity contribution in [2.75, 3.05) is 0 Å². The van der Waals surface area contributed by atoms with E-state index < -0.39 is 0 Å². The fourth-order valence-electron chi connectivity index (χ4n) is 2.81. The lowest BCUT2D eigenvalue weighted by Gasteiger charge is -2.10. The summed E-state index contributed by atoms with van der Waals surface area (Å²) in [5.41, 5.74) is 6.91. The van der Waals surface area contributed by atoms with Crippen molar-refractivity contribution in [1.82, 2.24) is 15.0 Å². The zero-order chi connectivity index (χ0) is 17.1. The van der Waals surface area contributed by atoms with Gasteiger partial charge in [0.05, 0.1) is 22.8 Å². The van der Waals surface area contributed by atoms with Crippen LogP contribution >= 0.6 is 0 Å². The fraction of sp³-hybridized carbons (Fsp3) is 0. The summed E-state index contributed by atoms with van der Waals surface area (Å²) in [5, 5.41) is 0. The Balaban J connectivity index is 1.92. The first-order valence-electron chi connectivity index (χ1n) is 8.21. The van der Waals surface area contributed by atoms with Gasteiger partial charge in [0, 0.05) is 12.4 Å². The highest BCUT2D eigenvalue weighted by Gasteiger charge is 2.10. The maximum absolute atomic E-state index is 4.80. The van der Waals surface area contributed by atoms with Crippen LogP contribution in [0.25, 0.3) is 33.9 Å². The average molecular weight is 321 g/mol. The third-order valence-corrected chi connectivity index (χ3v) is 4.03. The van der Waals surface area contributed by atoms with Gasteiger partial charge in [-0.25, -0.2) is 4.98 Å². The molecule has 0 N–H and O–H groups in total. The largest absolute Gasteiger partial charge is 0.255 e.